The minimum atomic E-state index is -0.0200. The number of methoxy groups -OCH3 is 1. The third-order valence-electron chi connectivity index (χ3n) is 1.37. The summed E-state index contributed by atoms with van der Waals surface area (Å²) in [4.78, 5) is 4.17. The standard InChI is InChI=1S/C6H11N3OS/c1-4(10-3)5-8-6(7-2)11-9-5/h4H,1-3H3,(H,7,8,9). The van der Waals surface area contributed by atoms with Gasteiger partial charge in [-0.3, -0.25) is 0 Å². The molecule has 1 N–H and O–H groups in total. The van der Waals surface area contributed by atoms with Gasteiger partial charge >= 0.3 is 0 Å². The summed E-state index contributed by atoms with van der Waals surface area (Å²) in [5.74, 6) is 0.738. The first-order chi connectivity index (χ1) is 5.27. The van der Waals surface area contributed by atoms with E-state index in [1.807, 2.05) is 14.0 Å². The third kappa shape index (κ3) is 1.87. The summed E-state index contributed by atoms with van der Waals surface area (Å²) >= 11 is 1.34. The summed E-state index contributed by atoms with van der Waals surface area (Å²) in [6, 6.07) is 0. The number of nitrogens with zero attached hydrogens (tertiary/aromatic N) is 2. The zero-order valence-corrected chi connectivity index (χ0v) is 7.60. The molecular weight excluding hydrogens is 162 g/mol. The van der Waals surface area contributed by atoms with Crippen LogP contribution in [0.5, 0.6) is 0 Å². The van der Waals surface area contributed by atoms with Crippen LogP contribution in [-0.4, -0.2) is 23.5 Å². The van der Waals surface area contributed by atoms with E-state index in [4.69, 9.17) is 4.74 Å². The van der Waals surface area contributed by atoms with Crippen LogP contribution in [0, 0.1) is 0 Å². The Kier molecular flexibility index (Phi) is 2.78. The molecule has 1 atom stereocenters. The van der Waals surface area contributed by atoms with Crippen molar-refractivity contribution >= 4 is 16.7 Å². The van der Waals surface area contributed by atoms with E-state index in [2.05, 4.69) is 14.7 Å². The zero-order chi connectivity index (χ0) is 8.27. The van der Waals surface area contributed by atoms with Gasteiger partial charge < -0.3 is 10.1 Å². The van der Waals surface area contributed by atoms with E-state index in [0.717, 1.165) is 11.0 Å². The molecule has 0 spiro atoms. The first-order valence-corrected chi connectivity index (χ1v) is 4.09. The highest BCUT2D eigenvalue weighted by Gasteiger charge is 2.09. The molecule has 0 saturated heterocycles. The van der Waals surface area contributed by atoms with Crippen molar-refractivity contribution in [2.75, 3.05) is 19.5 Å². The van der Waals surface area contributed by atoms with Crippen LogP contribution in [0.15, 0.2) is 0 Å². The number of ether oxygens (including phenoxy) is 1. The molecule has 0 radical (unpaired) electrons. The van der Waals surface area contributed by atoms with Crippen molar-refractivity contribution in [2.45, 2.75) is 13.0 Å². The highest BCUT2D eigenvalue weighted by Crippen LogP contribution is 2.17. The Hall–Kier alpha value is -0.680. The molecule has 1 unspecified atom stereocenters. The van der Waals surface area contributed by atoms with Gasteiger partial charge in [0, 0.05) is 25.7 Å². The molecule has 0 fully saturated rings. The van der Waals surface area contributed by atoms with Gasteiger partial charge in [-0.05, 0) is 6.92 Å². The minimum absolute atomic E-state index is 0.0200. The van der Waals surface area contributed by atoms with Gasteiger partial charge in [-0.2, -0.15) is 4.37 Å². The van der Waals surface area contributed by atoms with Crippen LogP contribution in [0.3, 0.4) is 0 Å². The lowest BCUT2D eigenvalue weighted by Crippen LogP contribution is -1.98. The quantitative estimate of drug-likeness (QED) is 0.748. The van der Waals surface area contributed by atoms with Gasteiger partial charge in [0.1, 0.15) is 6.10 Å². The normalized spacial score (nSPS) is 13.0. The summed E-state index contributed by atoms with van der Waals surface area (Å²) in [6.07, 6.45) is -0.0200. The SMILES string of the molecule is CNc1nc(C(C)OC)ns1. The summed E-state index contributed by atoms with van der Waals surface area (Å²) in [6.45, 7) is 1.92. The lowest BCUT2D eigenvalue weighted by atomic mass is 10.4. The van der Waals surface area contributed by atoms with Crippen LogP contribution < -0.4 is 5.32 Å². The van der Waals surface area contributed by atoms with Gasteiger partial charge in [0.15, 0.2) is 5.82 Å². The average molecular weight is 173 g/mol. The maximum atomic E-state index is 5.05. The fraction of sp³-hybridized carbons (Fsp3) is 0.667. The van der Waals surface area contributed by atoms with E-state index in [-0.39, 0.29) is 6.10 Å². The van der Waals surface area contributed by atoms with Gasteiger partial charge in [0.05, 0.1) is 0 Å². The summed E-state index contributed by atoms with van der Waals surface area (Å²) in [7, 11) is 3.46. The van der Waals surface area contributed by atoms with Crippen molar-refractivity contribution in [1.29, 1.82) is 0 Å². The molecule has 11 heavy (non-hydrogen) atoms. The molecule has 0 amide bonds. The van der Waals surface area contributed by atoms with Crippen LogP contribution >= 0.6 is 11.5 Å². The number of hydrogen-bond acceptors (Lipinski definition) is 5. The Balaban J connectivity index is 2.71. The number of aromatic nitrogens is 2. The Morgan fingerprint density at radius 2 is 2.36 bits per heavy atom. The van der Waals surface area contributed by atoms with E-state index < -0.39 is 0 Å². The van der Waals surface area contributed by atoms with Crippen molar-refractivity contribution in [2.24, 2.45) is 0 Å². The summed E-state index contributed by atoms with van der Waals surface area (Å²) < 4.78 is 9.15. The molecule has 4 nitrogen and oxygen atoms in total. The average Bonchev–Trinajstić information content (AvgIpc) is 2.50. The lowest BCUT2D eigenvalue weighted by molar-refractivity contribution is 0.113. The molecule has 1 aromatic heterocycles. The molecule has 0 aliphatic heterocycles. The summed E-state index contributed by atoms with van der Waals surface area (Å²) in [5, 5.41) is 3.74. The van der Waals surface area contributed by atoms with Crippen LogP contribution in [0.1, 0.15) is 18.9 Å². The maximum Gasteiger partial charge on any atom is 0.202 e. The Bertz CT molecular complexity index is 225. The fourth-order valence-electron chi connectivity index (χ4n) is 0.607. The molecule has 1 heterocycles. The van der Waals surface area contributed by atoms with E-state index in [9.17, 15) is 0 Å². The van der Waals surface area contributed by atoms with Crippen molar-refractivity contribution in [3.8, 4) is 0 Å². The summed E-state index contributed by atoms with van der Waals surface area (Å²) in [5.41, 5.74) is 0. The Labute approximate surface area is 69.8 Å². The lowest BCUT2D eigenvalue weighted by Gasteiger charge is -2.01. The Morgan fingerprint density at radius 3 is 2.82 bits per heavy atom. The number of hydrogen-bond donors (Lipinski definition) is 1. The van der Waals surface area contributed by atoms with E-state index in [1.54, 1.807) is 7.11 Å². The molecule has 62 valence electrons. The maximum absolute atomic E-state index is 5.05. The largest absolute Gasteiger partial charge is 0.374 e. The molecule has 5 heteroatoms. The highest BCUT2D eigenvalue weighted by atomic mass is 32.1. The second-order valence-electron chi connectivity index (χ2n) is 2.09. The molecule has 0 bridgehead atoms. The van der Waals surface area contributed by atoms with Crippen molar-refractivity contribution in [1.82, 2.24) is 9.36 Å². The van der Waals surface area contributed by atoms with E-state index in [1.165, 1.54) is 11.5 Å². The van der Waals surface area contributed by atoms with Gasteiger partial charge in [-0.25, -0.2) is 4.98 Å². The van der Waals surface area contributed by atoms with Crippen molar-refractivity contribution in [3.63, 3.8) is 0 Å². The minimum Gasteiger partial charge on any atom is -0.374 e. The van der Waals surface area contributed by atoms with Crippen LogP contribution in [0.4, 0.5) is 5.13 Å². The van der Waals surface area contributed by atoms with Gasteiger partial charge in [-0.1, -0.05) is 0 Å². The number of rotatable bonds is 3. The van der Waals surface area contributed by atoms with Crippen LogP contribution in [0.2, 0.25) is 0 Å². The van der Waals surface area contributed by atoms with Gasteiger partial charge in [0.25, 0.3) is 0 Å². The van der Waals surface area contributed by atoms with Crippen molar-refractivity contribution < 1.29 is 4.74 Å². The van der Waals surface area contributed by atoms with E-state index in [0.29, 0.717) is 0 Å². The van der Waals surface area contributed by atoms with Crippen molar-refractivity contribution in [3.05, 3.63) is 5.82 Å². The monoisotopic (exact) mass is 173 g/mol. The molecule has 1 rings (SSSR count). The van der Waals surface area contributed by atoms with E-state index >= 15 is 0 Å². The van der Waals surface area contributed by atoms with Gasteiger partial charge in [0.2, 0.25) is 5.13 Å². The molecule has 0 aliphatic carbocycles. The molecule has 0 aromatic carbocycles. The first kappa shape index (κ1) is 8.42. The van der Waals surface area contributed by atoms with Gasteiger partial charge in [-0.15, -0.1) is 0 Å². The second kappa shape index (κ2) is 3.64. The fourth-order valence-corrected chi connectivity index (χ4v) is 1.20. The number of nitrogens with one attached hydrogen (secondary N) is 1. The third-order valence-corrected chi connectivity index (χ3v) is 2.12. The molecule has 0 aliphatic rings. The molecular formula is C6H11N3OS. The first-order valence-electron chi connectivity index (χ1n) is 3.32. The predicted molar refractivity (Wildman–Crippen MR) is 44.9 cm³/mol. The van der Waals surface area contributed by atoms with Crippen LogP contribution in [-0.2, 0) is 4.74 Å². The second-order valence-corrected chi connectivity index (χ2v) is 2.84. The topological polar surface area (TPSA) is 47.0 Å². The zero-order valence-electron chi connectivity index (χ0n) is 6.79. The smallest absolute Gasteiger partial charge is 0.202 e. The molecule has 0 saturated carbocycles. The highest BCUT2D eigenvalue weighted by molar-refractivity contribution is 7.09. The van der Waals surface area contributed by atoms with Crippen LogP contribution in [0.25, 0.3) is 0 Å². The Morgan fingerprint density at radius 1 is 1.64 bits per heavy atom. The predicted octanol–water partition coefficient (Wildman–Crippen LogP) is 1.29. The molecule has 1 aromatic rings. The number of anilines is 1.